The number of benzene rings is 1. The minimum atomic E-state index is 0.253. The molecule has 1 aromatic rings. The average molecular weight is 297 g/mol. The molecule has 2 heterocycles. The van der Waals surface area contributed by atoms with Gasteiger partial charge in [0, 0.05) is 42.2 Å². The van der Waals surface area contributed by atoms with Gasteiger partial charge in [-0.2, -0.15) is 0 Å². The van der Waals surface area contributed by atoms with Crippen LogP contribution in [0.2, 0.25) is 5.02 Å². The van der Waals surface area contributed by atoms with Gasteiger partial charge in [-0.3, -0.25) is 4.90 Å². The minimum Gasteiger partial charge on any atom is -0.493 e. The Morgan fingerprint density at radius 2 is 2.15 bits per heavy atom. The molecule has 0 radical (unpaired) electrons. The first-order valence-corrected chi connectivity index (χ1v) is 7.48. The molecule has 0 aliphatic carbocycles. The monoisotopic (exact) mass is 296 g/mol. The second-order valence-corrected chi connectivity index (χ2v) is 6.11. The zero-order valence-electron chi connectivity index (χ0n) is 12.0. The lowest BCUT2D eigenvalue weighted by molar-refractivity contribution is 0.0360. The van der Waals surface area contributed by atoms with E-state index in [2.05, 4.69) is 17.3 Å². The summed E-state index contributed by atoms with van der Waals surface area (Å²) in [6, 6.07) is 3.87. The van der Waals surface area contributed by atoms with Gasteiger partial charge in [0.15, 0.2) is 11.5 Å². The highest BCUT2D eigenvalue weighted by Crippen LogP contribution is 2.41. The molecule has 1 unspecified atom stereocenters. The topological polar surface area (TPSA) is 33.7 Å². The van der Waals surface area contributed by atoms with E-state index >= 15 is 0 Å². The third-order valence-electron chi connectivity index (χ3n) is 4.08. The maximum atomic E-state index is 6.22. The molecule has 1 aromatic carbocycles. The Kier molecular flexibility index (Phi) is 4.06. The van der Waals surface area contributed by atoms with Crippen LogP contribution >= 0.6 is 11.6 Å². The summed E-state index contributed by atoms with van der Waals surface area (Å²) in [4.78, 5) is 2.24. The zero-order valence-corrected chi connectivity index (χ0v) is 12.7. The van der Waals surface area contributed by atoms with E-state index in [9.17, 15) is 0 Å². The second-order valence-electron chi connectivity index (χ2n) is 5.68. The molecular formula is C15H21ClN2O2. The predicted molar refractivity (Wildman–Crippen MR) is 80.1 cm³/mol. The molecule has 20 heavy (non-hydrogen) atoms. The van der Waals surface area contributed by atoms with Crippen molar-refractivity contribution in [1.82, 2.24) is 10.2 Å². The van der Waals surface area contributed by atoms with Crippen molar-refractivity contribution in [3.05, 3.63) is 22.7 Å². The van der Waals surface area contributed by atoms with Crippen LogP contribution in [0.15, 0.2) is 12.1 Å². The highest BCUT2D eigenvalue weighted by Gasteiger charge is 2.29. The standard InChI is InChI=1S/C15H21ClN2O2/c1-18-8-12(9-18)20-15-13(10-3-4-17-7-10)5-11(16)6-14(15)19-2/h5-6,10,12,17H,3-4,7-9H2,1-2H3. The van der Waals surface area contributed by atoms with Gasteiger partial charge in [-0.15, -0.1) is 0 Å². The molecular weight excluding hydrogens is 276 g/mol. The van der Waals surface area contributed by atoms with Crippen molar-refractivity contribution in [1.29, 1.82) is 0 Å². The maximum Gasteiger partial charge on any atom is 0.165 e. The van der Waals surface area contributed by atoms with E-state index in [1.165, 1.54) is 5.56 Å². The van der Waals surface area contributed by atoms with Crippen molar-refractivity contribution in [2.75, 3.05) is 40.3 Å². The zero-order chi connectivity index (χ0) is 14.1. The summed E-state index contributed by atoms with van der Waals surface area (Å²) in [7, 11) is 3.77. The number of methoxy groups -OCH3 is 1. The summed E-state index contributed by atoms with van der Waals surface area (Å²) in [6.07, 6.45) is 1.37. The van der Waals surface area contributed by atoms with Gasteiger partial charge in [0.2, 0.25) is 0 Å². The molecule has 4 nitrogen and oxygen atoms in total. The quantitative estimate of drug-likeness (QED) is 0.923. The third kappa shape index (κ3) is 2.73. The first-order valence-electron chi connectivity index (χ1n) is 7.10. The van der Waals surface area contributed by atoms with E-state index in [1.807, 2.05) is 12.1 Å². The number of hydrogen-bond acceptors (Lipinski definition) is 4. The van der Waals surface area contributed by atoms with Gasteiger partial charge in [-0.05, 0) is 26.1 Å². The largest absolute Gasteiger partial charge is 0.493 e. The summed E-state index contributed by atoms with van der Waals surface area (Å²) in [6.45, 7) is 3.96. The highest BCUT2D eigenvalue weighted by molar-refractivity contribution is 6.30. The number of likely N-dealkylation sites (N-methyl/N-ethyl adjacent to an activating group) is 1. The lowest BCUT2D eigenvalue weighted by Gasteiger charge is -2.37. The molecule has 2 aliphatic heterocycles. The van der Waals surface area contributed by atoms with Crippen LogP contribution in [0.3, 0.4) is 0 Å². The van der Waals surface area contributed by atoms with Gasteiger partial charge < -0.3 is 14.8 Å². The van der Waals surface area contributed by atoms with Crippen molar-refractivity contribution in [3.63, 3.8) is 0 Å². The predicted octanol–water partition coefficient (Wildman–Crippen LogP) is 2.12. The van der Waals surface area contributed by atoms with E-state index in [0.29, 0.717) is 10.9 Å². The first-order chi connectivity index (χ1) is 9.67. The number of nitrogens with one attached hydrogen (secondary N) is 1. The Balaban J connectivity index is 1.90. The van der Waals surface area contributed by atoms with Crippen molar-refractivity contribution >= 4 is 11.6 Å². The molecule has 0 bridgehead atoms. The molecule has 2 fully saturated rings. The molecule has 0 aromatic heterocycles. The normalized spacial score (nSPS) is 23.6. The summed E-state index contributed by atoms with van der Waals surface area (Å²) in [5.74, 6) is 2.08. The summed E-state index contributed by atoms with van der Waals surface area (Å²) in [5, 5.41) is 4.11. The number of likely N-dealkylation sites (tertiary alicyclic amines) is 1. The van der Waals surface area contributed by atoms with Gasteiger partial charge in [0.1, 0.15) is 6.10 Å². The number of hydrogen-bond donors (Lipinski definition) is 1. The Morgan fingerprint density at radius 3 is 2.75 bits per heavy atom. The third-order valence-corrected chi connectivity index (χ3v) is 4.30. The fourth-order valence-electron chi connectivity index (χ4n) is 2.97. The number of rotatable bonds is 4. The highest BCUT2D eigenvalue weighted by atomic mass is 35.5. The Labute approximate surface area is 125 Å². The molecule has 1 atom stereocenters. The SMILES string of the molecule is COc1cc(Cl)cc(C2CCNC2)c1OC1CN(C)C1. The van der Waals surface area contributed by atoms with E-state index in [0.717, 1.165) is 44.1 Å². The van der Waals surface area contributed by atoms with Gasteiger partial charge in [-0.1, -0.05) is 11.6 Å². The lowest BCUT2D eigenvalue weighted by atomic mass is 9.96. The van der Waals surface area contributed by atoms with Crippen LogP contribution in [0.25, 0.3) is 0 Å². The van der Waals surface area contributed by atoms with Crippen molar-refractivity contribution in [2.24, 2.45) is 0 Å². The number of nitrogens with zero attached hydrogens (tertiary/aromatic N) is 1. The van der Waals surface area contributed by atoms with E-state index in [4.69, 9.17) is 21.1 Å². The van der Waals surface area contributed by atoms with Crippen LogP contribution in [0.1, 0.15) is 17.9 Å². The van der Waals surface area contributed by atoms with Crippen LogP contribution in [-0.2, 0) is 0 Å². The smallest absolute Gasteiger partial charge is 0.165 e. The fraction of sp³-hybridized carbons (Fsp3) is 0.600. The maximum absolute atomic E-state index is 6.22. The minimum absolute atomic E-state index is 0.253. The molecule has 2 aliphatic rings. The summed E-state index contributed by atoms with van der Waals surface area (Å²) in [5.41, 5.74) is 1.17. The van der Waals surface area contributed by atoms with E-state index in [-0.39, 0.29) is 6.10 Å². The van der Waals surface area contributed by atoms with E-state index in [1.54, 1.807) is 7.11 Å². The van der Waals surface area contributed by atoms with Crippen LogP contribution < -0.4 is 14.8 Å². The summed E-state index contributed by atoms with van der Waals surface area (Å²) >= 11 is 6.22. The van der Waals surface area contributed by atoms with Crippen LogP contribution in [0.5, 0.6) is 11.5 Å². The average Bonchev–Trinajstić information content (AvgIpc) is 2.91. The van der Waals surface area contributed by atoms with Crippen LogP contribution in [-0.4, -0.2) is 51.3 Å². The lowest BCUT2D eigenvalue weighted by Crippen LogP contribution is -2.51. The second kappa shape index (κ2) is 5.80. The van der Waals surface area contributed by atoms with Crippen molar-refractivity contribution in [2.45, 2.75) is 18.4 Å². The fourth-order valence-corrected chi connectivity index (χ4v) is 3.19. The van der Waals surface area contributed by atoms with Crippen molar-refractivity contribution < 1.29 is 9.47 Å². The molecule has 0 saturated carbocycles. The Bertz CT molecular complexity index is 483. The molecule has 0 amide bonds. The molecule has 3 rings (SSSR count). The number of halogens is 1. The van der Waals surface area contributed by atoms with Crippen LogP contribution in [0.4, 0.5) is 0 Å². The molecule has 2 saturated heterocycles. The summed E-state index contributed by atoms with van der Waals surface area (Å²) < 4.78 is 11.7. The van der Waals surface area contributed by atoms with Gasteiger partial charge in [0.25, 0.3) is 0 Å². The van der Waals surface area contributed by atoms with E-state index < -0.39 is 0 Å². The van der Waals surface area contributed by atoms with Crippen LogP contribution in [0, 0.1) is 0 Å². The molecule has 0 spiro atoms. The van der Waals surface area contributed by atoms with Gasteiger partial charge in [-0.25, -0.2) is 0 Å². The molecule has 1 N–H and O–H groups in total. The van der Waals surface area contributed by atoms with Crippen molar-refractivity contribution in [3.8, 4) is 11.5 Å². The van der Waals surface area contributed by atoms with Gasteiger partial charge in [0.05, 0.1) is 7.11 Å². The van der Waals surface area contributed by atoms with Gasteiger partial charge >= 0.3 is 0 Å². The Hall–Kier alpha value is -0.970. The first kappa shape index (κ1) is 14.0. The molecule has 5 heteroatoms. The molecule has 110 valence electrons. The Morgan fingerprint density at radius 1 is 1.35 bits per heavy atom. The number of ether oxygens (including phenoxy) is 2.